The van der Waals surface area contributed by atoms with Gasteiger partial charge in [0.15, 0.2) is 6.10 Å². The first-order valence-corrected chi connectivity index (χ1v) is 6.54. The van der Waals surface area contributed by atoms with Crippen molar-refractivity contribution in [3.8, 4) is 5.75 Å². The van der Waals surface area contributed by atoms with E-state index in [1.54, 1.807) is 14.0 Å². The minimum atomic E-state index is -0.497. The van der Waals surface area contributed by atoms with Gasteiger partial charge >= 0.3 is 0 Å². The minimum absolute atomic E-state index is 0.102. The zero-order valence-electron chi connectivity index (χ0n) is 12.2. The number of carbonyl (C=O) groups excluding carboxylic acids is 1. The Kier molecular flexibility index (Phi) is 6.36. The highest BCUT2D eigenvalue weighted by Gasteiger charge is 2.14. The van der Waals surface area contributed by atoms with Crippen LogP contribution in [-0.2, 0) is 9.53 Å². The van der Waals surface area contributed by atoms with Crippen LogP contribution in [0.15, 0.2) is 18.2 Å². The monoisotopic (exact) mass is 265 g/mol. The number of amides is 1. The minimum Gasteiger partial charge on any atom is -0.481 e. The SMILES string of the molecule is COCCCNC(=O)C(C)Oc1cc(C)cc(C)c1. The van der Waals surface area contributed by atoms with E-state index in [1.165, 1.54) is 0 Å². The molecule has 1 unspecified atom stereocenters. The fraction of sp³-hybridized carbons (Fsp3) is 0.533. The van der Waals surface area contributed by atoms with Gasteiger partial charge in [0.1, 0.15) is 5.75 Å². The van der Waals surface area contributed by atoms with Crippen LogP contribution in [0.1, 0.15) is 24.5 Å². The lowest BCUT2D eigenvalue weighted by atomic mass is 10.1. The molecule has 0 heterocycles. The van der Waals surface area contributed by atoms with Gasteiger partial charge in [-0.1, -0.05) is 6.07 Å². The molecule has 106 valence electrons. The van der Waals surface area contributed by atoms with Gasteiger partial charge in [0.25, 0.3) is 5.91 Å². The summed E-state index contributed by atoms with van der Waals surface area (Å²) in [6.07, 6.45) is 0.308. The van der Waals surface area contributed by atoms with Crippen molar-refractivity contribution in [2.75, 3.05) is 20.3 Å². The maximum atomic E-state index is 11.8. The van der Waals surface area contributed by atoms with E-state index in [-0.39, 0.29) is 5.91 Å². The van der Waals surface area contributed by atoms with Gasteiger partial charge in [-0.25, -0.2) is 0 Å². The topological polar surface area (TPSA) is 47.6 Å². The van der Waals surface area contributed by atoms with Gasteiger partial charge in [-0.15, -0.1) is 0 Å². The average Bonchev–Trinajstić information content (AvgIpc) is 2.33. The van der Waals surface area contributed by atoms with Crippen molar-refractivity contribution in [2.45, 2.75) is 33.3 Å². The highest BCUT2D eigenvalue weighted by molar-refractivity contribution is 5.80. The number of carbonyl (C=O) groups is 1. The number of rotatable bonds is 7. The summed E-state index contributed by atoms with van der Waals surface area (Å²) in [5.74, 6) is 0.632. The zero-order chi connectivity index (χ0) is 14.3. The molecule has 1 rings (SSSR count). The molecular weight excluding hydrogens is 242 g/mol. The number of benzene rings is 1. The van der Waals surface area contributed by atoms with Gasteiger partial charge in [0.2, 0.25) is 0 Å². The van der Waals surface area contributed by atoms with Crippen molar-refractivity contribution >= 4 is 5.91 Å². The first kappa shape index (κ1) is 15.5. The van der Waals surface area contributed by atoms with Crippen LogP contribution in [0.25, 0.3) is 0 Å². The maximum Gasteiger partial charge on any atom is 0.260 e. The zero-order valence-corrected chi connectivity index (χ0v) is 12.2. The Morgan fingerprint density at radius 1 is 1.26 bits per heavy atom. The summed E-state index contributed by atoms with van der Waals surface area (Å²) in [5.41, 5.74) is 2.26. The molecule has 0 radical (unpaired) electrons. The van der Waals surface area contributed by atoms with E-state index in [0.29, 0.717) is 13.2 Å². The van der Waals surface area contributed by atoms with Crippen molar-refractivity contribution in [2.24, 2.45) is 0 Å². The molecular formula is C15H23NO3. The van der Waals surface area contributed by atoms with Gasteiger partial charge in [0.05, 0.1) is 0 Å². The Balaban J connectivity index is 2.44. The third kappa shape index (κ3) is 5.75. The predicted molar refractivity (Wildman–Crippen MR) is 75.5 cm³/mol. The molecule has 0 aliphatic carbocycles. The van der Waals surface area contributed by atoms with E-state index < -0.39 is 6.10 Å². The highest BCUT2D eigenvalue weighted by Crippen LogP contribution is 2.17. The molecule has 0 saturated carbocycles. The van der Waals surface area contributed by atoms with Crippen molar-refractivity contribution in [1.82, 2.24) is 5.32 Å². The van der Waals surface area contributed by atoms with Gasteiger partial charge in [-0.3, -0.25) is 4.79 Å². The van der Waals surface area contributed by atoms with Crippen LogP contribution in [0.4, 0.5) is 0 Å². The second-order valence-corrected chi connectivity index (χ2v) is 4.72. The molecule has 0 aromatic heterocycles. The molecule has 4 heteroatoms. The van der Waals surface area contributed by atoms with E-state index in [0.717, 1.165) is 23.3 Å². The number of aryl methyl sites for hydroxylation is 2. The third-order valence-electron chi connectivity index (χ3n) is 2.70. The second-order valence-electron chi connectivity index (χ2n) is 4.72. The van der Waals surface area contributed by atoms with E-state index in [4.69, 9.17) is 9.47 Å². The molecule has 1 aromatic carbocycles. The van der Waals surface area contributed by atoms with E-state index in [1.807, 2.05) is 26.0 Å². The molecule has 0 saturated heterocycles. The molecule has 19 heavy (non-hydrogen) atoms. The van der Waals surface area contributed by atoms with Crippen molar-refractivity contribution in [1.29, 1.82) is 0 Å². The summed E-state index contributed by atoms with van der Waals surface area (Å²) in [4.78, 5) is 11.8. The normalized spacial score (nSPS) is 12.0. The standard InChI is InChI=1S/C15H23NO3/c1-11-8-12(2)10-14(9-11)19-13(3)15(17)16-6-5-7-18-4/h8-10,13H,5-7H2,1-4H3,(H,16,17). The Hall–Kier alpha value is -1.55. The average molecular weight is 265 g/mol. The quantitative estimate of drug-likeness (QED) is 0.769. The molecule has 1 amide bonds. The molecule has 1 aromatic rings. The number of nitrogens with one attached hydrogen (secondary N) is 1. The molecule has 0 aliphatic rings. The van der Waals surface area contributed by atoms with E-state index >= 15 is 0 Å². The van der Waals surface area contributed by atoms with Crippen LogP contribution >= 0.6 is 0 Å². The lowest BCUT2D eigenvalue weighted by Crippen LogP contribution is -2.37. The summed E-state index contributed by atoms with van der Waals surface area (Å²) >= 11 is 0. The van der Waals surface area contributed by atoms with Crippen LogP contribution in [-0.4, -0.2) is 32.3 Å². The first-order valence-electron chi connectivity index (χ1n) is 6.54. The van der Waals surface area contributed by atoms with Gasteiger partial charge < -0.3 is 14.8 Å². The number of hydrogen-bond acceptors (Lipinski definition) is 3. The number of hydrogen-bond donors (Lipinski definition) is 1. The summed E-state index contributed by atoms with van der Waals surface area (Å²) in [7, 11) is 1.65. The van der Waals surface area contributed by atoms with Crippen molar-refractivity contribution < 1.29 is 14.3 Å². The lowest BCUT2D eigenvalue weighted by Gasteiger charge is -2.15. The smallest absolute Gasteiger partial charge is 0.260 e. The first-order chi connectivity index (χ1) is 9.02. The number of ether oxygens (including phenoxy) is 2. The largest absolute Gasteiger partial charge is 0.481 e. The molecule has 1 atom stereocenters. The van der Waals surface area contributed by atoms with E-state index in [9.17, 15) is 4.79 Å². The molecule has 0 aliphatic heterocycles. The van der Waals surface area contributed by atoms with Gasteiger partial charge in [-0.2, -0.15) is 0 Å². The van der Waals surface area contributed by atoms with Crippen LogP contribution in [0.5, 0.6) is 5.75 Å². The fourth-order valence-corrected chi connectivity index (χ4v) is 1.83. The summed E-state index contributed by atoms with van der Waals surface area (Å²) in [5, 5.41) is 2.82. The summed E-state index contributed by atoms with van der Waals surface area (Å²) in [6, 6.07) is 5.94. The lowest BCUT2D eigenvalue weighted by molar-refractivity contribution is -0.127. The molecule has 0 fully saturated rings. The summed E-state index contributed by atoms with van der Waals surface area (Å²) < 4.78 is 10.6. The fourth-order valence-electron chi connectivity index (χ4n) is 1.83. The molecule has 0 spiro atoms. The van der Waals surface area contributed by atoms with Crippen molar-refractivity contribution in [3.05, 3.63) is 29.3 Å². The second kappa shape index (κ2) is 7.79. The molecule has 4 nitrogen and oxygen atoms in total. The number of methoxy groups -OCH3 is 1. The van der Waals surface area contributed by atoms with Crippen molar-refractivity contribution in [3.63, 3.8) is 0 Å². The van der Waals surface area contributed by atoms with Gasteiger partial charge in [0, 0.05) is 20.3 Å². The third-order valence-corrected chi connectivity index (χ3v) is 2.70. The Morgan fingerprint density at radius 2 is 1.89 bits per heavy atom. The van der Waals surface area contributed by atoms with Crippen LogP contribution in [0.3, 0.4) is 0 Å². The predicted octanol–water partition coefficient (Wildman–Crippen LogP) is 2.22. The van der Waals surface area contributed by atoms with Crippen LogP contribution in [0.2, 0.25) is 0 Å². The Labute approximate surface area is 115 Å². The van der Waals surface area contributed by atoms with Gasteiger partial charge in [-0.05, 0) is 50.5 Å². The Morgan fingerprint density at radius 3 is 2.47 bits per heavy atom. The highest BCUT2D eigenvalue weighted by atomic mass is 16.5. The van der Waals surface area contributed by atoms with E-state index in [2.05, 4.69) is 11.4 Å². The van der Waals surface area contributed by atoms with Crippen LogP contribution < -0.4 is 10.1 Å². The Bertz CT molecular complexity index is 398. The molecule has 0 bridgehead atoms. The maximum absolute atomic E-state index is 11.8. The van der Waals surface area contributed by atoms with Crippen LogP contribution in [0, 0.1) is 13.8 Å². The summed E-state index contributed by atoms with van der Waals surface area (Å²) in [6.45, 7) is 7.02. The molecule has 1 N–H and O–H groups in total.